The van der Waals surface area contributed by atoms with E-state index in [4.69, 9.17) is 11.6 Å². The third-order valence-corrected chi connectivity index (χ3v) is 6.57. The molecule has 0 radical (unpaired) electrons. The molecule has 2 heterocycles. The molecular weight excluding hydrogens is 444 g/mol. The quantitative estimate of drug-likeness (QED) is 0.365. The molecule has 8 heteroatoms. The van der Waals surface area contributed by atoms with Crippen LogP contribution in [0.2, 0.25) is 5.02 Å². The smallest absolute Gasteiger partial charge is 0.265 e. The van der Waals surface area contributed by atoms with E-state index in [2.05, 4.69) is 15.7 Å². The molecule has 0 fully saturated rings. The maximum atomic E-state index is 13.0. The van der Waals surface area contributed by atoms with Gasteiger partial charge >= 0.3 is 0 Å². The molecule has 164 valence electrons. The van der Waals surface area contributed by atoms with Crippen LogP contribution in [0, 0.1) is 13.8 Å². The predicted molar refractivity (Wildman–Crippen MR) is 131 cm³/mol. The molecule has 2 N–H and O–H groups in total. The first kappa shape index (κ1) is 22.0. The molecule has 0 saturated carbocycles. The van der Waals surface area contributed by atoms with Crippen molar-refractivity contribution in [2.45, 2.75) is 33.7 Å². The van der Waals surface area contributed by atoms with Gasteiger partial charge in [-0.25, -0.2) is 0 Å². The molecule has 0 aliphatic heterocycles. The number of anilines is 2. The van der Waals surface area contributed by atoms with E-state index in [9.17, 15) is 9.59 Å². The molecule has 32 heavy (non-hydrogen) atoms. The third kappa shape index (κ3) is 4.69. The van der Waals surface area contributed by atoms with Gasteiger partial charge in [0.1, 0.15) is 4.83 Å². The number of fused-ring (bicyclic) bond motifs is 1. The Balaban J connectivity index is 1.57. The summed E-state index contributed by atoms with van der Waals surface area (Å²) in [5.74, 6) is -0.262. The van der Waals surface area contributed by atoms with Crippen molar-refractivity contribution >= 4 is 56.3 Å². The summed E-state index contributed by atoms with van der Waals surface area (Å²) < 4.78 is 1.92. The first-order valence-electron chi connectivity index (χ1n) is 10.3. The number of carbonyl (C=O) groups is 2. The van der Waals surface area contributed by atoms with Crippen LogP contribution < -0.4 is 10.6 Å². The van der Waals surface area contributed by atoms with Gasteiger partial charge in [-0.05, 0) is 55.3 Å². The number of nitrogens with zero attached hydrogens (tertiary/aromatic N) is 2. The van der Waals surface area contributed by atoms with Crippen LogP contribution in [-0.4, -0.2) is 21.6 Å². The molecule has 2 amide bonds. The molecule has 0 unspecified atom stereocenters. The van der Waals surface area contributed by atoms with Gasteiger partial charge in [0.05, 0.1) is 17.1 Å². The number of amides is 2. The van der Waals surface area contributed by atoms with Crippen LogP contribution >= 0.6 is 22.9 Å². The highest BCUT2D eigenvalue weighted by Crippen LogP contribution is 2.30. The van der Waals surface area contributed by atoms with E-state index in [1.165, 1.54) is 11.3 Å². The molecule has 4 aromatic rings. The topological polar surface area (TPSA) is 76.0 Å². The fraction of sp³-hybridized carbons (Fsp3) is 0.208. The van der Waals surface area contributed by atoms with Crippen LogP contribution in [0.25, 0.3) is 10.2 Å². The number of hydrogen-bond acceptors (Lipinski definition) is 4. The Morgan fingerprint density at radius 2 is 1.81 bits per heavy atom. The highest BCUT2D eigenvalue weighted by molar-refractivity contribution is 7.20. The van der Waals surface area contributed by atoms with Crippen LogP contribution in [0.15, 0.2) is 48.5 Å². The fourth-order valence-corrected chi connectivity index (χ4v) is 4.54. The van der Waals surface area contributed by atoms with Crippen molar-refractivity contribution in [2.24, 2.45) is 0 Å². The van der Waals surface area contributed by atoms with E-state index in [-0.39, 0.29) is 11.8 Å². The minimum absolute atomic E-state index is 0.0728. The van der Waals surface area contributed by atoms with Crippen LogP contribution in [0.5, 0.6) is 0 Å². The normalized spacial score (nSPS) is 11.0. The van der Waals surface area contributed by atoms with Gasteiger partial charge in [-0.2, -0.15) is 5.10 Å². The zero-order valence-corrected chi connectivity index (χ0v) is 19.6. The van der Waals surface area contributed by atoms with Gasteiger partial charge in [0.15, 0.2) is 0 Å². The van der Waals surface area contributed by atoms with Gasteiger partial charge in [0, 0.05) is 28.2 Å². The standard InChI is InChI=1S/C24H23ClN4O2S/c1-4-22(30)26-18-10-5-14(2)20(11-18)27-23(31)21-12-19-15(3)28-29(24(19)32-21)13-16-6-8-17(25)9-7-16/h5-12H,4,13H2,1-3H3,(H,26,30)(H,27,31). The summed E-state index contributed by atoms with van der Waals surface area (Å²) in [6, 6.07) is 15.0. The first-order chi connectivity index (χ1) is 15.3. The van der Waals surface area contributed by atoms with Crippen molar-refractivity contribution in [2.75, 3.05) is 10.6 Å². The minimum Gasteiger partial charge on any atom is -0.326 e. The highest BCUT2D eigenvalue weighted by Gasteiger charge is 2.17. The van der Waals surface area contributed by atoms with Gasteiger partial charge < -0.3 is 10.6 Å². The van der Waals surface area contributed by atoms with Crippen LogP contribution in [0.3, 0.4) is 0 Å². The lowest BCUT2D eigenvalue weighted by Gasteiger charge is -2.11. The minimum atomic E-state index is -0.189. The number of nitrogens with one attached hydrogen (secondary N) is 2. The summed E-state index contributed by atoms with van der Waals surface area (Å²) >= 11 is 7.40. The van der Waals surface area contributed by atoms with Gasteiger partial charge in [0.25, 0.3) is 5.91 Å². The molecule has 0 atom stereocenters. The molecule has 0 saturated heterocycles. The lowest BCUT2D eigenvalue weighted by atomic mass is 10.1. The summed E-state index contributed by atoms with van der Waals surface area (Å²) in [6.07, 6.45) is 0.393. The molecule has 0 bridgehead atoms. The second-order valence-corrected chi connectivity index (χ2v) is 9.05. The van der Waals surface area contributed by atoms with Crippen LogP contribution in [-0.2, 0) is 11.3 Å². The Morgan fingerprint density at radius 1 is 1.06 bits per heavy atom. The third-order valence-electron chi connectivity index (χ3n) is 5.17. The van der Waals surface area contributed by atoms with Crippen molar-refractivity contribution in [1.29, 1.82) is 0 Å². The van der Waals surface area contributed by atoms with Crippen LogP contribution in [0.1, 0.15) is 39.8 Å². The maximum absolute atomic E-state index is 13.0. The number of aryl methyl sites for hydroxylation is 2. The van der Waals surface area contributed by atoms with Crippen molar-refractivity contribution in [3.8, 4) is 0 Å². The summed E-state index contributed by atoms with van der Waals surface area (Å²) in [7, 11) is 0. The van der Waals surface area contributed by atoms with Gasteiger partial charge in [-0.1, -0.05) is 36.7 Å². The Bertz CT molecular complexity index is 1310. The van der Waals surface area contributed by atoms with Gasteiger partial charge in [-0.15, -0.1) is 11.3 Å². The molecule has 0 aliphatic rings. The Labute approximate surface area is 195 Å². The second-order valence-electron chi connectivity index (χ2n) is 7.58. The maximum Gasteiger partial charge on any atom is 0.265 e. The molecule has 0 spiro atoms. The van der Waals surface area contributed by atoms with E-state index in [0.29, 0.717) is 34.2 Å². The molecule has 0 aliphatic carbocycles. The van der Waals surface area contributed by atoms with E-state index < -0.39 is 0 Å². The van der Waals surface area contributed by atoms with Crippen molar-refractivity contribution in [3.63, 3.8) is 0 Å². The molecule has 2 aromatic carbocycles. The number of benzene rings is 2. The van der Waals surface area contributed by atoms with E-state index >= 15 is 0 Å². The van der Waals surface area contributed by atoms with Crippen LogP contribution in [0.4, 0.5) is 11.4 Å². The Kier molecular flexibility index (Phi) is 6.30. The Morgan fingerprint density at radius 3 is 2.53 bits per heavy atom. The zero-order chi connectivity index (χ0) is 22.8. The fourth-order valence-electron chi connectivity index (χ4n) is 3.36. The highest BCUT2D eigenvalue weighted by atomic mass is 35.5. The monoisotopic (exact) mass is 466 g/mol. The number of hydrogen-bond donors (Lipinski definition) is 2. The number of rotatable bonds is 6. The van der Waals surface area contributed by atoms with Gasteiger partial charge in [-0.3, -0.25) is 14.3 Å². The van der Waals surface area contributed by atoms with E-state index in [1.807, 2.05) is 61.0 Å². The average Bonchev–Trinajstić information content (AvgIpc) is 3.33. The largest absolute Gasteiger partial charge is 0.326 e. The molecule has 4 rings (SSSR count). The Hall–Kier alpha value is -3.16. The summed E-state index contributed by atoms with van der Waals surface area (Å²) in [4.78, 5) is 26.3. The summed E-state index contributed by atoms with van der Waals surface area (Å²) in [6.45, 7) is 6.25. The lowest BCUT2D eigenvalue weighted by molar-refractivity contribution is -0.115. The second kappa shape index (κ2) is 9.14. The number of thiophene rings is 1. The molecule has 2 aromatic heterocycles. The van der Waals surface area contributed by atoms with Gasteiger partial charge in [0.2, 0.25) is 5.91 Å². The number of carbonyl (C=O) groups excluding carboxylic acids is 2. The first-order valence-corrected chi connectivity index (χ1v) is 11.5. The van der Waals surface area contributed by atoms with E-state index in [1.54, 1.807) is 13.0 Å². The zero-order valence-electron chi connectivity index (χ0n) is 18.0. The average molecular weight is 467 g/mol. The summed E-state index contributed by atoms with van der Waals surface area (Å²) in [5.41, 5.74) is 4.20. The van der Waals surface area contributed by atoms with Crippen molar-refractivity contribution in [1.82, 2.24) is 9.78 Å². The molecular formula is C24H23ClN4O2S. The number of halogens is 1. The summed E-state index contributed by atoms with van der Waals surface area (Å²) in [5, 5.41) is 12.1. The van der Waals surface area contributed by atoms with E-state index in [0.717, 1.165) is 27.0 Å². The SMILES string of the molecule is CCC(=O)Nc1ccc(C)c(NC(=O)c2cc3c(C)nn(Cc4ccc(Cl)cc4)c3s2)c1. The van der Waals surface area contributed by atoms with Crippen molar-refractivity contribution < 1.29 is 9.59 Å². The lowest BCUT2D eigenvalue weighted by Crippen LogP contribution is -2.13. The predicted octanol–water partition coefficient (Wildman–Crippen LogP) is 6.02. The number of aromatic nitrogens is 2. The molecule has 6 nitrogen and oxygen atoms in total. The van der Waals surface area contributed by atoms with Crippen molar-refractivity contribution in [3.05, 3.63) is 75.3 Å².